The smallest absolute Gasteiger partial charge is 0.173 e. The molecule has 2 aromatic rings. The van der Waals surface area contributed by atoms with Crippen LogP contribution in [0.25, 0.3) is 0 Å². The van der Waals surface area contributed by atoms with E-state index in [-0.39, 0.29) is 17.3 Å². The number of carbonyl (C=O) groups excluding carboxylic acids is 1. The van der Waals surface area contributed by atoms with Crippen LogP contribution in [0.1, 0.15) is 39.6 Å². The first kappa shape index (κ1) is 13.0. The third-order valence-electron chi connectivity index (χ3n) is 3.56. The average molecular weight is 339 g/mol. The van der Waals surface area contributed by atoms with E-state index in [9.17, 15) is 9.18 Å². The van der Waals surface area contributed by atoms with Gasteiger partial charge in [-0.15, -0.1) is 11.3 Å². The molecule has 0 aliphatic heterocycles. The fraction of sp³-hybridized carbons (Fsp3) is 0.267. The molecule has 0 fully saturated rings. The van der Waals surface area contributed by atoms with Gasteiger partial charge in [-0.3, -0.25) is 4.79 Å². The summed E-state index contributed by atoms with van der Waals surface area (Å²) in [7, 11) is 0. The summed E-state index contributed by atoms with van der Waals surface area (Å²) in [5, 5.41) is 2.02. The number of ketones is 1. The third-order valence-corrected chi connectivity index (χ3v) is 5.05. The highest BCUT2D eigenvalue weighted by atomic mass is 79.9. The molecule has 1 aromatic carbocycles. The van der Waals surface area contributed by atoms with E-state index in [0.717, 1.165) is 29.3 Å². The quantitative estimate of drug-likeness (QED) is 0.708. The first-order valence-corrected chi connectivity index (χ1v) is 7.89. The zero-order chi connectivity index (χ0) is 13.4. The summed E-state index contributed by atoms with van der Waals surface area (Å²) in [6.07, 6.45) is 2.85. The molecule has 1 unspecified atom stereocenters. The molecule has 1 heterocycles. The minimum atomic E-state index is -0.435. The Hall–Kier alpha value is -1.00. The number of carbonyl (C=O) groups is 1. The summed E-state index contributed by atoms with van der Waals surface area (Å²) in [6.45, 7) is 0. The Morgan fingerprint density at radius 1 is 1.37 bits per heavy atom. The first-order valence-electron chi connectivity index (χ1n) is 6.22. The highest BCUT2D eigenvalue weighted by Crippen LogP contribution is 2.37. The Labute approximate surface area is 123 Å². The summed E-state index contributed by atoms with van der Waals surface area (Å²) >= 11 is 4.99. The van der Waals surface area contributed by atoms with Gasteiger partial charge in [-0.05, 0) is 54.5 Å². The van der Waals surface area contributed by atoms with E-state index in [0.29, 0.717) is 0 Å². The maximum atomic E-state index is 13.8. The number of hydrogen-bond acceptors (Lipinski definition) is 2. The molecule has 0 saturated carbocycles. The van der Waals surface area contributed by atoms with Crippen LogP contribution in [0, 0.1) is 5.82 Å². The van der Waals surface area contributed by atoms with Gasteiger partial charge in [-0.1, -0.05) is 15.9 Å². The van der Waals surface area contributed by atoms with Crippen molar-refractivity contribution < 1.29 is 9.18 Å². The minimum absolute atomic E-state index is 0.0989. The van der Waals surface area contributed by atoms with Gasteiger partial charge in [0.25, 0.3) is 0 Å². The molecule has 4 heteroatoms. The van der Waals surface area contributed by atoms with Gasteiger partial charge in [-0.2, -0.15) is 0 Å². The molecule has 0 saturated heterocycles. The number of Topliss-reactive ketones (excluding diaryl/α,β-unsaturated/α-hetero) is 1. The van der Waals surface area contributed by atoms with E-state index >= 15 is 0 Å². The third kappa shape index (κ3) is 2.39. The number of aryl methyl sites for hydroxylation is 1. The Bertz CT molecular complexity index is 635. The van der Waals surface area contributed by atoms with Crippen molar-refractivity contribution in [2.45, 2.75) is 25.2 Å². The van der Waals surface area contributed by atoms with Gasteiger partial charge in [-0.25, -0.2) is 4.39 Å². The molecule has 19 heavy (non-hydrogen) atoms. The molecule has 1 aliphatic rings. The molecule has 1 atom stereocenters. The van der Waals surface area contributed by atoms with Crippen molar-refractivity contribution in [3.05, 3.63) is 55.9 Å². The highest BCUT2D eigenvalue weighted by Gasteiger charge is 2.29. The minimum Gasteiger partial charge on any atom is -0.293 e. The number of rotatable bonds is 2. The summed E-state index contributed by atoms with van der Waals surface area (Å²) in [6, 6.07) is 6.55. The van der Waals surface area contributed by atoms with E-state index in [1.807, 2.05) is 11.4 Å². The van der Waals surface area contributed by atoms with Crippen LogP contribution in [-0.4, -0.2) is 5.78 Å². The maximum absolute atomic E-state index is 13.8. The van der Waals surface area contributed by atoms with Gasteiger partial charge in [0.05, 0.1) is 5.56 Å². The van der Waals surface area contributed by atoms with Gasteiger partial charge >= 0.3 is 0 Å². The highest BCUT2D eigenvalue weighted by molar-refractivity contribution is 9.10. The van der Waals surface area contributed by atoms with E-state index in [4.69, 9.17) is 0 Å². The van der Waals surface area contributed by atoms with Crippen LogP contribution in [-0.2, 0) is 6.42 Å². The SMILES string of the molecule is O=C(c1cc(Br)ccc1F)C1CCCc2sccc21. The largest absolute Gasteiger partial charge is 0.293 e. The summed E-state index contributed by atoms with van der Waals surface area (Å²) in [5.74, 6) is -0.715. The van der Waals surface area contributed by atoms with Crippen molar-refractivity contribution in [2.24, 2.45) is 0 Å². The molecule has 3 rings (SSSR count). The van der Waals surface area contributed by atoms with E-state index in [1.165, 1.54) is 10.9 Å². The molecular weight excluding hydrogens is 327 g/mol. The van der Waals surface area contributed by atoms with Gasteiger partial charge in [0, 0.05) is 15.3 Å². The van der Waals surface area contributed by atoms with Crippen molar-refractivity contribution in [2.75, 3.05) is 0 Å². The van der Waals surface area contributed by atoms with Crippen molar-refractivity contribution in [1.29, 1.82) is 0 Å². The van der Waals surface area contributed by atoms with Crippen molar-refractivity contribution in [3.8, 4) is 0 Å². The zero-order valence-corrected chi connectivity index (χ0v) is 12.6. The molecule has 0 bridgehead atoms. The lowest BCUT2D eigenvalue weighted by atomic mass is 9.82. The molecule has 0 N–H and O–H groups in total. The number of thiophene rings is 1. The second-order valence-electron chi connectivity index (χ2n) is 4.73. The fourth-order valence-electron chi connectivity index (χ4n) is 2.63. The average Bonchev–Trinajstić information content (AvgIpc) is 2.89. The number of benzene rings is 1. The van der Waals surface area contributed by atoms with Crippen LogP contribution in [0.15, 0.2) is 34.1 Å². The molecule has 0 radical (unpaired) electrons. The lowest BCUT2D eigenvalue weighted by Gasteiger charge is -2.21. The van der Waals surface area contributed by atoms with Gasteiger partial charge < -0.3 is 0 Å². The molecule has 98 valence electrons. The molecular formula is C15H12BrFOS. The molecule has 0 spiro atoms. The zero-order valence-electron chi connectivity index (χ0n) is 10.2. The first-order chi connectivity index (χ1) is 9.16. The number of halogens is 2. The van der Waals surface area contributed by atoms with E-state index in [2.05, 4.69) is 15.9 Å². The molecule has 1 nitrogen and oxygen atoms in total. The lowest BCUT2D eigenvalue weighted by Crippen LogP contribution is -2.18. The van der Waals surface area contributed by atoms with Crippen LogP contribution >= 0.6 is 27.3 Å². The van der Waals surface area contributed by atoms with Gasteiger partial charge in [0.2, 0.25) is 0 Å². The van der Waals surface area contributed by atoms with E-state index in [1.54, 1.807) is 23.5 Å². The Balaban J connectivity index is 2.00. The second kappa shape index (κ2) is 5.17. The predicted octanol–water partition coefficient (Wildman–Crippen LogP) is 4.95. The normalized spacial score (nSPS) is 18.1. The van der Waals surface area contributed by atoms with Crippen molar-refractivity contribution in [1.82, 2.24) is 0 Å². The lowest BCUT2D eigenvalue weighted by molar-refractivity contribution is 0.0947. The summed E-state index contributed by atoms with van der Waals surface area (Å²) in [5.41, 5.74) is 1.29. The fourth-order valence-corrected chi connectivity index (χ4v) is 3.98. The number of hydrogen-bond donors (Lipinski definition) is 0. The maximum Gasteiger partial charge on any atom is 0.173 e. The van der Waals surface area contributed by atoms with Crippen molar-refractivity contribution in [3.63, 3.8) is 0 Å². The van der Waals surface area contributed by atoms with Crippen LogP contribution in [0.3, 0.4) is 0 Å². The van der Waals surface area contributed by atoms with E-state index < -0.39 is 5.82 Å². The standard InChI is InChI=1S/C15H12BrFOS/c16-9-4-5-13(17)12(8-9)15(18)11-2-1-3-14-10(11)6-7-19-14/h4-8,11H,1-3H2. The van der Waals surface area contributed by atoms with Crippen LogP contribution < -0.4 is 0 Å². The summed E-state index contributed by atoms with van der Waals surface area (Å²) < 4.78 is 14.6. The molecule has 1 aliphatic carbocycles. The van der Waals surface area contributed by atoms with Gasteiger partial charge in [0.15, 0.2) is 5.78 Å². The summed E-state index contributed by atoms with van der Waals surface area (Å²) in [4.78, 5) is 13.9. The monoisotopic (exact) mass is 338 g/mol. The van der Waals surface area contributed by atoms with Crippen LogP contribution in [0.2, 0.25) is 0 Å². The second-order valence-corrected chi connectivity index (χ2v) is 6.65. The van der Waals surface area contributed by atoms with Gasteiger partial charge in [0.1, 0.15) is 5.82 Å². The Morgan fingerprint density at radius 3 is 3.05 bits per heavy atom. The molecule has 1 aromatic heterocycles. The number of fused-ring (bicyclic) bond motifs is 1. The van der Waals surface area contributed by atoms with Crippen LogP contribution in [0.5, 0.6) is 0 Å². The van der Waals surface area contributed by atoms with Crippen LogP contribution in [0.4, 0.5) is 4.39 Å². The Kier molecular flexibility index (Phi) is 3.54. The predicted molar refractivity (Wildman–Crippen MR) is 78.4 cm³/mol. The molecule has 0 amide bonds. The Morgan fingerprint density at radius 2 is 2.21 bits per heavy atom. The van der Waals surface area contributed by atoms with Crippen molar-refractivity contribution >= 4 is 33.0 Å². The topological polar surface area (TPSA) is 17.1 Å².